The molecule has 1 fully saturated rings. The number of rotatable bonds is 4. The van der Waals surface area contributed by atoms with Crippen LogP contribution in [0.1, 0.15) is 39.4 Å². The van der Waals surface area contributed by atoms with Crippen LogP contribution >= 0.6 is 0 Å². The number of methoxy groups -OCH3 is 1. The van der Waals surface area contributed by atoms with Crippen molar-refractivity contribution in [1.82, 2.24) is 0 Å². The van der Waals surface area contributed by atoms with Gasteiger partial charge < -0.3 is 9.84 Å². The SMILES string of the molecule is COc1c(C)cc(C)cc1/C(O)=C1\C(=O)C(=O)N(c2cccc(C(F)(F)F)c2)C1c1ccccc1C. The molecule has 4 rings (SSSR count). The van der Waals surface area contributed by atoms with E-state index < -0.39 is 35.2 Å². The molecule has 0 saturated carbocycles. The van der Waals surface area contributed by atoms with E-state index in [2.05, 4.69) is 0 Å². The van der Waals surface area contributed by atoms with Crippen LogP contribution in [0.2, 0.25) is 0 Å². The fourth-order valence-corrected chi connectivity index (χ4v) is 4.67. The van der Waals surface area contributed by atoms with E-state index in [0.29, 0.717) is 22.4 Å². The number of benzene rings is 3. The number of ketones is 1. The molecule has 1 saturated heterocycles. The van der Waals surface area contributed by atoms with Crippen molar-refractivity contribution in [2.75, 3.05) is 12.0 Å². The number of aliphatic hydroxyl groups excluding tert-OH is 1. The molecule has 36 heavy (non-hydrogen) atoms. The molecule has 3 aromatic rings. The smallest absolute Gasteiger partial charge is 0.416 e. The van der Waals surface area contributed by atoms with Gasteiger partial charge in [0.05, 0.1) is 29.9 Å². The number of alkyl halides is 3. The number of anilines is 1. The highest BCUT2D eigenvalue weighted by molar-refractivity contribution is 6.51. The van der Waals surface area contributed by atoms with Gasteiger partial charge in [-0.25, -0.2) is 0 Å². The fourth-order valence-electron chi connectivity index (χ4n) is 4.67. The lowest BCUT2D eigenvalue weighted by Crippen LogP contribution is -2.30. The van der Waals surface area contributed by atoms with Gasteiger partial charge in [0.1, 0.15) is 11.5 Å². The fraction of sp³-hybridized carbons (Fsp3) is 0.214. The van der Waals surface area contributed by atoms with Crippen molar-refractivity contribution in [2.24, 2.45) is 0 Å². The van der Waals surface area contributed by atoms with Gasteiger partial charge >= 0.3 is 6.18 Å². The van der Waals surface area contributed by atoms with Crippen LogP contribution in [0.4, 0.5) is 18.9 Å². The first-order chi connectivity index (χ1) is 17.0. The molecule has 1 heterocycles. The predicted octanol–water partition coefficient (Wildman–Crippen LogP) is 6.27. The van der Waals surface area contributed by atoms with Gasteiger partial charge in [-0.15, -0.1) is 0 Å². The number of carbonyl (C=O) groups excluding carboxylic acids is 2. The topological polar surface area (TPSA) is 66.8 Å². The number of carbonyl (C=O) groups is 2. The molecule has 0 radical (unpaired) electrons. The summed E-state index contributed by atoms with van der Waals surface area (Å²) in [6.07, 6.45) is -4.64. The summed E-state index contributed by atoms with van der Waals surface area (Å²) in [5, 5.41) is 11.5. The molecule has 5 nitrogen and oxygen atoms in total. The lowest BCUT2D eigenvalue weighted by Gasteiger charge is -2.27. The van der Waals surface area contributed by atoms with Crippen molar-refractivity contribution in [3.63, 3.8) is 0 Å². The molecule has 1 aliphatic heterocycles. The second-order valence-electron chi connectivity index (χ2n) is 8.74. The van der Waals surface area contributed by atoms with Gasteiger partial charge in [-0.2, -0.15) is 13.2 Å². The average molecular weight is 495 g/mol. The number of hydrogen-bond donors (Lipinski definition) is 1. The molecule has 1 unspecified atom stereocenters. The molecular weight excluding hydrogens is 471 g/mol. The zero-order valence-electron chi connectivity index (χ0n) is 20.1. The van der Waals surface area contributed by atoms with E-state index in [0.717, 1.165) is 22.6 Å². The quantitative estimate of drug-likeness (QED) is 0.263. The van der Waals surface area contributed by atoms with E-state index in [1.165, 1.54) is 19.2 Å². The van der Waals surface area contributed by atoms with E-state index >= 15 is 0 Å². The Morgan fingerprint density at radius 1 is 0.944 bits per heavy atom. The second kappa shape index (κ2) is 9.18. The minimum absolute atomic E-state index is 0.105. The first kappa shape index (κ1) is 25.0. The van der Waals surface area contributed by atoms with E-state index in [1.54, 1.807) is 44.2 Å². The summed E-state index contributed by atoms with van der Waals surface area (Å²) in [6, 6.07) is 13.5. The number of hydrogen-bond acceptors (Lipinski definition) is 4. The Balaban J connectivity index is 2.03. The van der Waals surface area contributed by atoms with Crippen LogP contribution in [0.5, 0.6) is 5.75 Å². The van der Waals surface area contributed by atoms with Crippen LogP contribution < -0.4 is 9.64 Å². The summed E-state index contributed by atoms with van der Waals surface area (Å²) < 4.78 is 45.9. The maximum Gasteiger partial charge on any atom is 0.416 e. The number of Topliss-reactive ketones (excluding diaryl/α,β-unsaturated/α-hetero) is 1. The zero-order valence-corrected chi connectivity index (χ0v) is 20.1. The van der Waals surface area contributed by atoms with E-state index in [4.69, 9.17) is 4.74 Å². The lowest BCUT2D eigenvalue weighted by molar-refractivity contribution is -0.137. The van der Waals surface area contributed by atoms with Gasteiger partial charge in [-0.05, 0) is 67.3 Å². The Bertz CT molecular complexity index is 1410. The molecule has 1 amide bonds. The number of ether oxygens (including phenoxy) is 1. The molecule has 3 aromatic carbocycles. The molecule has 0 bridgehead atoms. The van der Waals surface area contributed by atoms with Crippen molar-refractivity contribution >= 4 is 23.1 Å². The largest absolute Gasteiger partial charge is 0.507 e. The Kier molecular flexibility index (Phi) is 6.39. The normalized spacial score (nSPS) is 17.5. The molecular formula is C28H24F3NO4. The minimum atomic E-state index is -4.64. The van der Waals surface area contributed by atoms with Crippen molar-refractivity contribution in [2.45, 2.75) is 33.0 Å². The maximum absolute atomic E-state index is 13.5. The Morgan fingerprint density at radius 3 is 2.28 bits per heavy atom. The highest BCUT2D eigenvalue weighted by atomic mass is 19.4. The number of aryl methyl sites for hydroxylation is 3. The number of amides is 1. The molecule has 0 aliphatic carbocycles. The second-order valence-corrected chi connectivity index (χ2v) is 8.74. The molecule has 1 aliphatic rings. The summed E-state index contributed by atoms with van der Waals surface area (Å²) >= 11 is 0. The Morgan fingerprint density at radius 2 is 1.64 bits per heavy atom. The summed E-state index contributed by atoms with van der Waals surface area (Å²) in [5.41, 5.74) is 1.62. The third-order valence-corrected chi connectivity index (χ3v) is 6.26. The van der Waals surface area contributed by atoms with E-state index in [-0.39, 0.29) is 16.8 Å². The van der Waals surface area contributed by atoms with Gasteiger partial charge in [0.2, 0.25) is 0 Å². The molecule has 0 spiro atoms. The van der Waals surface area contributed by atoms with E-state index in [9.17, 15) is 27.9 Å². The van der Waals surface area contributed by atoms with Gasteiger partial charge in [0, 0.05) is 5.69 Å². The first-order valence-electron chi connectivity index (χ1n) is 11.1. The first-order valence-corrected chi connectivity index (χ1v) is 11.1. The van der Waals surface area contributed by atoms with Crippen LogP contribution in [0.25, 0.3) is 5.76 Å². The Labute approximate surface area is 206 Å². The minimum Gasteiger partial charge on any atom is -0.507 e. The predicted molar refractivity (Wildman–Crippen MR) is 130 cm³/mol. The zero-order chi connectivity index (χ0) is 26.4. The van der Waals surface area contributed by atoms with Crippen LogP contribution in [0.3, 0.4) is 0 Å². The average Bonchev–Trinajstić information content (AvgIpc) is 3.08. The number of halogens is 3. The molecule has 1 atom stereocenters. The van der Waals surface area contributed by atoms with Crippen LogP contribution in [-0.2, 0) is 15.8 Å². The standard InChI is InChI=1S/C28H24F3NO4/c1-15-12-17(3)26(36-4)21(13-15)24(33)22-23(20-11-6-5-8-16(20)2)32(27(35)25(22)34)19-10-7-9-18(14-19)28(29,30)31/h5-14,23,33H,1-4H3/b24-22+. The highest BCUT2D eigenvalue weighted by Crippen LogP contribution is 2.45. The van der Waals surface area contributed by atoms with Crippen LogP contribution in [-0.4, -0.2) is 23.9 Å². The third kappa shape index (κ3) is 4.23. The summed E-state index contributed by atoms with van der Waals surface area (Å²) in [4.78, 5) is 27.7. The molecule has 1 N–H and O–H groups in total. The van der Waals surface area contributed by atoms with Crippen molar-refractivity contribution in [3.05, 3.63) is 99.6 Å². The molecule has 8 heteroatoms. The van der Waals surface area contributed by atoms with Crippen molar-refractivity contribution in [1.29, 1.82) is 0 Å². The number of nitrogens with zero attached hydrogens (tertiary/aromatic N) is 1. The maximum atomic E-state index is 13.5. The van der Waals surface area contributed by atoms with Crippen molar-refractivity contribution < 1.29 is 32.6 Å². The van der Waals surface area contributed by atoms with Crippen LogP contribution in [0, 0.1) is 20.8 Å². The highest BCUT2D eigenvalue weighted by Gasteiger charge is 2.48. The number of aliphatic hydroxyl groups is 1. The van der Waals surface area contributed by atoms with Gasteiger partial charge in [-0.3, -0.25) is 14.5 Å². The lowest BCUT2D eigenvalue weighted by atomic mass is 9.91. The third-order valence-electron chi connectivity index (χ3n) is 6.26. The summed E-state index contributed by atoms with van der Waals surface area (Å²) in [7, 11) is 1.43. The Hall–Kier alpha value is -4.07. The van der Waals surface area contributed by atoms with Gasteiger partial charge in [-0.1, -0.05) is 36.4 Å². The summed E-state index contributed by atoms with van der Waals surface area (Å²) in [6.45, 7) is 5.35. The molecule has 0 aromatic heterocycles. The van der Waals surface area contributed by atoms with Gasteiger partial charge in [0.25, 0.3) is 11.7 Å². The monoisotopic (exact) mass is 495 g/mol. The van der Waals surface area contributed by atoms with E-state index in [1.807, 2.05) is 13.0 Å². The summed E-state index contributed by atoms with van der Waals surface area (Å²) in [5.74, 6) is -2.17. The molecule has 186 valence electrons. The van der Waals surface area contributed by atoms with Crippen LogP contribution in [0.15, 0.2) is 66.2 Å². The van der Waals surface area contributed by atoms with Crippen molar-refractivity contribution in [3.8, 4) is 5.75 Å². The van der Waals surface area contributed by atoms with Gasteiger partial charge in [0.15, 0.2) is 0 Å².